The molecule has 1 aliphatic heterocycles. The zero-order chi connectivity index (χ0) is 16.0. The summed E-state index contributed by atoms with van der Waals surface area (Å²) in [6, 6.07) is 0. The summed E-state index contributed by atoms with van der Waals surface area (Å²) in [5, 5.41) is 30.2. The predicted molar refractivity (Wildman–Crippen MR) is 81.2 cm³/mol. The average Bonchev–Trinajstić information content (AvgIpc) is 2.37. The minimum Gasteiger partial charge on any atom is -0.390 e. The van der Waals surface area contributed by atoms with Gasteiger partial charge in [-0.05, 0) is 26.8 Å². The SMILES string of the molecule is C=C(C)C=C=C1C[C@@H]2OC(C)(C)[C@@H](O)C[C@@]2(O)[C@@H](Cl)[C@@H]1O. The summed E-state index contributed by atoms with van der Waals surface area (Å²) in [7, 11) is 0. The molecule has 5 atom stereocenters. The molecule has 2 aliphatic rings. The summed E-state index contributed by atoms with van der Waals surface area (Å²) >= 11 is 6.26. The van der Waals surface area contributed by atoms with Crippen LogP contribution >= 0.6 is 11.6 Å². The van der Waals surface area contributed by atoms with Crippen LogP contribution in [-0.4, -0.2) is 50.2 Å². The number of aliphatic hydroxyl groups excluding tert-OH is 2. The van der Waals surface area contributed by atoms with E-state index in [4.69, 9.17) is 16.3 Å². The molecule has 2 fully saturated rings. The van der Waals surface area contributed by atoms with Gasteiger partial charge in [0.1, 0.15) is 11.7 Å². The number of ether oxygens (including phenoxy) is 1. The first-order valence-corrected chi connectivity index (χ1v) is 7.53. The van der Waals surface area contributed by atoms with Crippen molar-refractivity contribution in [1.29, 1.82) is 0 Å². The van der Waals surface area contributed by atoms with E-state index in [1.165, 1.54) is 0 Å². The molecule has 1 saturated carbocycles. The normalized spacial score (nSPS) is 42.0. The van der Waals surface area contributed by atoms with Crippen molar-refractivity contribution in [3.63, 3.8) is 0 Å². The molecule has 0 aromatic heterocycles. The topological polar surface area (TPSA) is 69.9 Å². The Morgan fingerprint density at radius 2 is 2.10 bits per heavy atom. The van der Waals surface area contributed by atoms with E-state index < -0.39 is 34.9 Å². The molecule has 2 rings (SSSR count). The van der Waals surface area contributed by atoms with Crippen molar-refractivity contribution in [2.45, 2.75) is 68.5 Å². The molecular formula is C16H23ClO4. The van der Waals surface area contributed by atoms with Crippen molar-refractivity contribution in [2.24, 2.45) is 0 Å². The lowest BCUT2D eigenvalue weighted by Gasteiger charge is -2.54. The summed E-state index contributed by atoms with van der Waals surface area (Å²) in [6.07, 6.45) is -0.379. The molecule has 1 aliphatic carbocycles. The van der Waals surface area contributed by atoms with Crippen molar-refractivity contribution in [3.05, 3.63) is 29.5 Å². The van der Waals surface area contributed by atoms with Crippen LogP contribution in [0.4, 0.5) is 0 Å². The lowest BCUT2D eigenvalue weighted by molar-refractivity contribution is -0.260. The number of hydrogen-bond donors (Lipinski definition) is 3. The van der Waals surface area contributed by atoms with Gasteiger partial charge in [0, 0.05) is 18.4 Å². The van der Waals surface area contributed by atoms with E-state index >= 15 is 0 Å². The van der Waals surface area contributed by atoms with E-state index in [9.17, 15) is 15.3 Å². The second-order valence-electron chi connectivity index (χ2n) is 6.63. The fraction of sp³-hybridized carbons (Fsp3) is 0.688. The molecule has 1 saturated heterocycles. The van der Waals surface area contributed by atoms with Crippen LogP contribution in [0.2, 0.25) is 0 Å². The zero-order valence-corrected chi connectivity index (χ0v) is 13.4. The zero-order valence-electron chi connectivity index (χ0n) is 12.6. The van der Waals surface area contributed by atoms with Crippen LogP contribution in [0.5, 0.6) is 0 Å². The van der Waals surface area contributed by atoms with Crippen LogP contribution in [0.3, 0.4) is 0 Å². The Hall–Kier alpha value is -0.610. The molecule has 3 N–H and O–H groups in total. The van der Waals surface area contributed by atoms with Crippen molar-refractivity contribution >= 4 is 11.6 Å². The first kappa shape index (κ1) is 16.8. The molecule has 4 nitrogen and oxygen atoms in total. The molecular weight excluding hydrogens is 292 g/mol. The number of alkyl halides is 1. The van der Waals surface area contributed by atoms with Gasteiger partial charge in [-0.1, -0.05) is 12.2 Å². The Morgan fingerprint density at radius 1 is 1.48 bits per heavy atom. The van der Waals surface area contributed by atoms with Gasteiger partial charge in [-0.15, -0.1) is 17.3 Å². The first-order chi connectivity index (χ1) is 9.58. The fourth-order valence-electron chi connectivity index (χ4n) is 2.87. The third kappa shape index (κ3) is 2.98. The number of allylic oxidation sites excluding steroid dienone is 1. The second kappa shape index (κ2) is 5.54. The number of halogens is 1. The molecule has 5 heteroatoms. The fourth-order valence-corrected chi connectivity index (χ4v) is 3.26. The minimum absolute atomic E-state index is 0.0768. The molecule has 1 heterocycles. The van der Waals surface area contributed by atoms with Gasteiger partial charge in [0.2, 0.25) is 0 Å². The molecule has 21 heavy (non-hydrogen) atoms. The van der Waals surface area contributed by atoms with E-state index in [0.29, 0.717) is 12.0 Å². The maximum absolute atomic E-state index is 10.8. The second-order valence-corrected chi connectivity index (χ2v) is 7.10. The van der Waals surface area contributed by atoms with Crippen molar-refractivity contribution in [1.82, 2.24) is 0 Å². The van der Waals surface area contributed by atoms with Gasteiger partial charge >= 0.3 is 0 Å². The number of aliphatic hydroxyl groups is 3. The third-order valence-corrected chi connectivity index (χ3v) is 4.96. The van der Waals surface area contributed by atoms with E-state index in [0.717, 1.165) is 5.57 Å². The van der Waals surface area contributed by atoms with Gasteiger partial charge in [0.25, 0.3) is 0 Å². The van der Waals surface area contributed by atoms with Gasteiger partial charge in [-0.2, -0.15) is 0 Å². The summed E-state index contributed by atoms with van der Waals surface area (Å²) < 4.78 is 5.86. The third-order valence-electron chi connectivity index (χ3n) is 4.35. The van der Waals surface area contributed by atoms with E-state index in [2.05, 4.69) is 12.3 Å². The highest BCUT2D eigenvalue weighted by molar-refractivity contribution is 6.22. The molecule has 0 aromatic rings. The van der Waals surface area contributed by atoms with Crippen LogP contribution in [0, 0.1) is 0 Å². The Balaban J connectivity index is 2.37. The van der Waals surface area contributed by atoms with E-state index in [1.807, 2.05) is 6.92 Å². The average molecular weight is 315 g/mol. The smallest absolute Gasteiger partial charge is 0.113 e. The first-order valence-electron chi connectivity index (χ1n) is 7.09. The quantitative estimate of drug-likeness (QED) is 0.391. The van der Waals surface area contributed by atoms with E-state index in [1.54, 1.807) is 19.9 Å². The van der Waals surface area contributed by atoms with E-state index in [-0.39, 0.29) is 6.42 Å². The van der Waals surface area contributed by atoms with Crippen LogP contribution in [0.1, 0.15) is 33.6 Å². The predicted octanol–water partition coefficient (Wildman–Crippen LogP) is 1.68. The maximum Gasteiger partial charge on any atom is 0.113 e. The van der Waals surface area contributed by atoms with Crippen LogP contribution in [0.25, 0.3) is 0 Å². The van der Waals surface area contributed by atoms with Crippen LogP contribution in [-0.2, 0) is 4.74 Å². The summed E-state index contributed by atoms with van der Waals surface area (Å²) in [6.45, 7) is 9.13. The molecule has 0 amide bonds. The lowest BCUT2D eigenvalue weighted by atomic mass is 9.70. The molecule has 118 valence electrons. The summed E-state index contributed by atoms with van der Waals surface area (Å²) in [5.74, 6) is 0. The van der Waals surface area contributed by atoms with Gasteiger partial charge in [0.15, 0.2) is 0 Å². The largest absolute Gasteiger partial charge is 0.390 e. The van der Waals surface area contributed by atoms with Crippen molar-refractivity contribution in [2.75, 3.05) is 0 Å². The Kier molecular flexibility index (Phi) is 4.42. The minimum atomic E-state index is -1.45. The van der Waals surface area contributed by atoms with Gasteiger partial charge in [-0.25, -0.2) is 0 Å². The van der Waals surface area contributed by atoms with Crippen molar-refractivity contribution in [3.8, 4) is 0 Å². The lowest BCUT2D eigenvalue weighted by Crippen LogP contribution is -2.67. The molecule has 0 radical (unpaired) electrons. The summed E-state index contributed by atoms with van der Waals surface area (Å²) in [4.78, 5) is 0. The number of hydrogen-bond acceptors (Lipinski definition) is 4. The molecule has 0 aromatic carbocycles. The Labute approximate surface area is 130 Å². The molecule has 0 bridgehead atoms. The molecule has 0 unspecified atom stereocenters. The molecule has 0 spiro atoms. The van der Waals surface area contributed by atoms with Gasteiger partial charge in [0.05, 0.1) is 23.2 Å². The summed E-state index contributed by atoms with van der Waals surface area (Å²) in [5.41, 5.74) is 2.17. The highest BCUT2D eigenvalue weighted by Crippen LogP contribution is 2.46. The maximum atomic E-state index is 10.8. The Bertz CT molecular complexity index is 506. The van der Waals surface area contributed by atoms with Gasteiger partial charge < -0.3 is 20.1 Å². The van der Waals surface area contributed by atoms with Crippen LogP contribution < -0.4 is 0 Å². The highest BCUT2D eigenvalue weighted by Gasteiger charge is 2.58. The van der Waals surface area contributed by atoms with Crippen molar-refractivity contribution < 1.29 is 20.1 Å². The van der Waals surface area contributed by atoms with Crippen LogP contribution in [0.15, 0.2) is 29.5 Å². The number of rotatable bonds is 1. The monoisotopic (exact) mass is 314 g/mol. The standard InChI is InChI=1S/C16H23ClO4/c1-9(2)5-6-10-7-12-16(20,14(17)13(10)19)8-11(18)15(3,4)21-12/h5,11-14,18-20H,1,7-8H2,2-4H3/t6?,11-,12-,13+,14-,16-/m0/s1. The highest BCUT2D eigenvalue weighted by atomic mass is 35.5. The Morgan fingerprint density at radius 3 is 2.67 bits per heavy atom. The number of fused-ring (bicyclic) bond motifs is 1. The van der Waals surface area contributed by atoms with Gasteiger partial charge in [-0.3, -0.25) is 0 Å².